The molecule has 1 saturated heterocycles. The SMILES string of the molecule is O=S(=O)(c1ccc2c(c1)C1CCCCC1C(c1cncnc1)N2)N1CCOCC1. The van der Waals surface area contributed by atoms with E-state index in [0.29, 0.717) is 43.0 Å². The molecule has 154 valence electrons. The zero-order valence-electron chi connectivity index (χ0n) is 16.3. The Hall–Kier alpha value is -2.03. The summed E-state index contributed by atoms with van der Waals surface area (Å²) >= 11 is 0. The van der Waals surface area contributed by atoms with Crippen molar-refractivity contribution >= 4 is 15.7 Å². The van der Waals surface area contributed by atoms with E-state index in [1.807, 2.05) is 24.5 Å². The second-order valence-electron chi connectivity index (χ2n) is 8.11. The van der Waals surface area contributed by atoms with E-state index >= 15 is 0 Å². The molecule has 1 saturated carbocycles. The fourth-order valence-corrected chi connectivity index (χ4v) is 6.54. The van der Waals surface area contributed by atoms with Crippen molar-refractivity contribution in [2.45, 2.75) is 42.5 Å². The molecule has 1 N–H and O–H groups in total. The molecule has 0 radical (unpaired) electrons. The molecule has 3 heterocycles. The molecule has 3 unspecified atom stereocenters. The number of benzene rings is 1. The van der Waals surface area contributed by atoms with E-state index < -0.39 is 10.0 Å². The van der Waals surface area contributed by atoms with Crippen molar-refractivity contribution in [1.82, 2.24) is 14.3 Å². The van der Waals surface area contributed by atoms with E-state index in [1.165, 1.54) is 17.1 Å². The van der Waals surface area contributed by atoms with Gasteiger partial charge in [0.15, 0.2) is 0 Å². The van der Waals surface area contributed by atoms with Crippen molar-refractivity contribution in [1.29, 1.82) is 0 Å². The fraction of sp³-hybridized carbons (Fsp3) is 0.524. The summed E-state index contributed by atoms with van der Waals surface area (Å²) in [6.07, 6.45) is 9.92. The van der Waals surface area contributed by atoms with Crippen LogP contribution in [-0.2, 0) is 14.8 Å². The van der Waals surface area contributed by atoms with Crippen molar-refractivity contribution in [2.75, 3.05) is 31.6 Å². The van der Waals surface area contributed by atoms with Gasteiger partial charge in [-0.1, -0.05) is 12.8 Å². The van der Waals surface area contributed by atoms with E-state index in [4.69, 9.17) is 4.74 Å². The van der Waals surface area contributed by atoms with Gasteiger partial charge in [0.05, 0.1) is 24.2 Å². The first-order valence-corrected chi connectivity index (χ1v) is 11.8. The van der Waals surface area contributed by atoms with E-state index in [0.717, 1.165) is 29.7 Å². The molecule has 5 rings (SSSR count). The van der Waals surface area contributed by atoms with Gasteiger partial charge in [0.1, 0.15) is 6.33 Å². The van der Waals surface area contributed by atoms with Crippen molar-refractivity contribution in [2.24, 2.45) is 5.92 Å². The summed E-state index contributed by atoms with van der Waals surface area (Å²) < 4.78 is 33.2. The summed E-state index contributed by atoms with van der Waals surface area (Å²) in [5.41, 5.74) is 3.26. The standard InChI is InChI=1S/C21H26N4O3S/c26-29(27,25-7-9-28-10-8-25)16-5-6-20-19(11-16)17-3-1-2-4-18(17)21(24-20)15-12-22-14-23-13-15/h5-6,11-14,17-18,21,24H,1-4,7-10H2. The van der Waals surface area contributed by atoms with Crippen LogP contribution >= 0.6 is 0 Å². The van der Waals surface area contributed by atoms with Gasteiger partial charge in [-0.05, 0) is 48.4 Å². The van der Waals surface area contributed by atoms with Gasteiger partial charge in [-0.25, -0.2) is 18.4 Å². The van der Waals surface area contributed by atoms with Crippen molar-refractivity contribution < 1.29 is 13.2 Å². The zero-order chi connectivity index (χ0) is 19.8. The van der Waals surface area contributed by atoms with Gasteiger partial charge in [-0.15, -0.1) is 0 Å². The summed E-state index contributed by atoms with van der Waals surface area (Å²) in [4.78, 5) is 8.81. The molecule has 1 aromatic carbocycles. The number of hydrogen-bond donors (Lipinski definition) is 1. The minimum atomic E-state index is -3.49. The lowest BCUT2D eigenvalue weighted by molar-refractivity contribution is 0.0730. The molecule has 29 heavy (non-hydrogen) atoms. The second kappa shape index (κ2) is 7.66. The third-order valence-corrected chi connectivity index (χ3v) is 8.42. The largest absolute Gasteiger partial charge is 0.379 e. The Morgan fingerprint density at radius 3 is 2.62 bits per heavy atom. The van der Waals surface area contributed by atoms with Gasteiger partial charge in [-0.3, -0.25) is 0 Å². The highest BCUT2D eigenvalue weighted by atomic mass is 32.2. The van der Waals surface area contributed by atoms with Crippen LogP contribution in [-0.4, -0.2) is 49.0 Å². The van der Waals surface area contributed by atoms with Crippen molar-refractivity contribution in [3.8, 4) is 0 Å². The molecule has 3 atom stereocenters. The van der Waals surface area contributed by atoms with Gasteiger partial charge in [-0.2, -0.15) is 4.31 Å². The molecule has 1 aliphatic carbocycles. The van der Waals surface area contributed by atoms with Crippen LogP contribution in [0.2, 0.25) is 0 Å². The lowest BCUT2D eigenvalue weighted by atomic mass is 9.68. The molecule has 0 spiro atoms. The summed E-state index contributed by atoms with van der Waals surface area (Å²) in [6.45, 7) is 1.74. The minimum Gasteiger partial charge on any atom is -0.379 e. The first kappa shape index (κ1) is 19.0. The van der Waals surface area contributed by atoms with Crippen LogP contribution in [0, 0.1) is 5.92 Å². The van der Waals surface area contributed by atoms with Gasteiger partial charge in [0.25, 0.3) is 0 Å². The topological polar surface area (TPSA) is 84.4 Å². The smallest absolute Gasteiger partial charge is 0.243 e. The molecule has 3 aliphatic rings. The molecule has 2 fully saturated rings. The summed E-state index contributed by atoms with van der Waals surface area (Å²) in [5.74, 6) is 0.772. The van der Waals surface area contributed by atoms with Gasteiger partial charge < -0.3 is 10.1 Å². The van der Waals surface area contributed by atoms with Crippen LogP contribution in [0.3, 0.4) is 0 Å². The zero-order valence-corrected chi connectivity index (χ0v) is 17.1. The molecular formula is C21H26N4O3S. The van der Waals surface area contributed by atoms with Crippen molar-refractivity contribution in [3.63, 3.8) is 0 Å². The minimum absolute atomic E-state index is 0.163. The Morgan fingerprint density at radius 1 is 1.07 bits per heavy atom. The fourth-order valence-electron chi connectivity index (χ4n) is 5.10. The number of ether oxygens (including phenoxy) is 1. The molecule has 0 bridgehead atoms. The summed E-state index contributed by atoms with van der Waals surface area (Å²) in [5, 5.41) is 3.66. The van der Waals surface area contributed by atoms with Gasteiger partial charge in [0, 0.05) is 36.7 Å². The Morgan fingerprint density at radius 2 is 1.83 bits per heavy atom. The highest BCUT2D eigenvalue weighted by Crippen LogP contribution is 2.51. The first-order chi connectivity index (χ1) is 14.1. The monoisotopic (exact) mass is 414 g/mol. The third-order valence-electron chi connectivity index (χ3n) is 6.53. The number of sulfonamides is 1. The van der Waals surface area contributed by atoms with Crippen LogP contribution in [0.1, 0.15) is 48.8 Å². The summed E-state index contributed by atoms with van der Waals surface area (Å²) in [6, 6.07) is 5.74. The Balaban J connectivity index is 1.52. The van der Waals surface area contributed by atoms with E-state index in [-0.39, 0.29) is 6.04 Å². The highest BCUT2D eigenvalue weighted by molar-refractivity contribution is 7.89. The maximum Gasteiger partial charge on any atom is 0.243 e. The predicted molar refractivity (Wildman–Crippen MR) is 109 cm³/mol. The average molecular weight is 415 g/mol. The average Bonchev–Trinajstić information content (AvgIpc) is 2.79. The van der Waals surface area contributed by atoms with Crippen LogP contribution in [0.4, 0.5) is 5.69 Å². The van der Waals surface area contributed by atoms with Gasteiger partial charge in [0.2, 0.25) is 10.0 Å². The number of fused-ring (bicyclic) bond motifs is 3. The van der Waals surface area contributed by atoms with Crippen LogP contribution in [0.5, 0.6) is 0 Å². The molecule has 2 aromatic rings. The predicted octanol–water partition coefficient (Wildman–Crippen LogP) is 2.94. The van der Waals surface area contributed by atoms with Crippen LogP contribution < -0.4 is 5.32 Å². The molecule has 8 heteroatoms. The number of rotatable bonds is 3. The summed E-state index contributed by atoms with van der Waals surface area (Å²) in [7, 11) is -3.49. The maximum atomic E-state index is 13.2. The van der Waals surface area contributed by atoms with E-state index in [9.17, 15) is 8.42 Å². The third kappa shape index (κ3) is 3.43. The van der Waals surface area contributed by atoms with E-state index in [2.05, 4.69) is 15.3 Å². The van der Waals surface area contributed by atoms with Crippen LogP contribution in [0.15, 0.2) is 41.8 Å². The quantitative estimate of drug-likeness (QED) is 0.831. The van der Waals surface area contributed by atoms with Crippen LogP contribution in [0.25, 0.3) is 0 Å². The second-order valence-corrected chi connectivity index (χ2v) is 10.1. The lowest BCUT2D eigenvalue weighted by Gasteiger charge is -2.43. The molecule has 2 aliphatic heterocycles. The Kier molecular flexibility index (Phi) is 5.01. The highest BCUT2D eigenvalue weighted by Gasteiger charge is 2.39. The lowest BCUT2D eigenvalue weighted by Crippen LogP contribution is -2.40. The molecule has 7 nitrogen and oxygen atoms in total. The molecule has 0 amide bonds. The van der Waals surface area contributed by atoms with Crippen molar-refractivity contribution in [3.05, 3.63) is 48.0 Å². The molecular weight excluding hydrogens is 388 g/mol. The Labute approximate surface area is 171 Å². The number of nitrogens with one attached hydrogen (secondary N) is 1. The normalized spacial score (nSPS) is 27.5. The van der Waals surface area contributed by atoms with Gasteiger partial charge >= 0.3 is 0 Å². The van der Waals surface area contributed by atoms with E-state index in [1.54, 1.807) is 12.4 Å². The number of anilines is 1. The molecule has 1 aromatic heterocycles. The number of morpholine rings is 1. The Bertz CT molecular complexity index is 977. The number of aromatic nitrogens is 2. The number of nitrogens with zero attached hydrogens (tertiary/aromatic N) is 3. The maximum absolute atomic E-state index is 13.2. The number of hydrogen-bond acceptors (Lipinski definition) is 6. The first-order valence-electron chi connectivity index (χ1n) is 10.4.